The number of nitrogens with one attached hydrogen (secondary N) is 1. The van der Waals surface area contributed by atoms with Crippen molar-refractivity contribution in [1.29, 1.82) is 0 Å². The van der Waals surface area contributed by atoms with Gasteiger partial charge in [0.2, 0.25) is 5.91 Å². The van der Waals surface area contributed by atoms with Gasteiger partial charge in [0, 0.05) is 21.7 Å². The van der Waals surface area contributed by atoms with Crippen molar-refractivity contribution >= 4 is 34.8 Å². The van der Waals surface area contributed by atoms with E-state index in [1.54, 1.807) is 18.2 Å². The number of rotatable bonds is 5. The molecule has 1 rings (SSSR count). The molecule has 0 bridgehead atoms. The molecule has 0 saturated heterocycles. The Hall–Kier alpha value is -0.770. The first-order valence-corrected chi connectivity index (χ1v) is 6.25. The number of hydrogen-bond donors (Lipinski definition) is 2. The van der Waals surface area contributed by atoms with E-state index >= 15 is 0 Å². The second kappa shape index (κ2) is 6.84. The second-order valence-corrected chi connectivity index (χ2v) is 4.85. The summed E-state index contributed by atoms with van der Waals surface area (Å²) >= 11 is 11.7. The van der Waals surface area contributed by atoms with Crippen LogP contribution >= 0.6 is 23.2 Å². The van der Waals surface area contributed by atoms with Gasteiger partial charge < -0.3 is 11.1 Å². The maximum atomic E-state index is 11.8. The third-order valence-corrected chi connectivity index (χ3v) is 2.86. The molecule has 1 aromatic rings. The van der Waals surface area contributed by atoms with Crippen molar-refractivity contribution in [2.75, 3.05) is 11.9 Å². The smallest absolute Gasteiger partial charge is 0.227 e. The van der Waals surface area contributed by atoms with E-state index in [4.69, 9.17) is 28.9 Å². The summed E-state index contributed by atoms with van der Waals surface area (Å²) in [6.45, 7) is 2.47. The van der Waals surface area contributed by atoms with Gasteiger partial charge in [-0.3, -0.25) is 4.79 Å². The lowest BCUT2D eigenvalue weighted by atomic mass is 10.0. The summed E-state index contributed by atoms with van der Waals surface area (Å²) in [7, 11) is 0. The molecule has 0 saturated carbocycles. The van der Waals surface area contributed by atoms with Crippen LogP contribution in [0.15, 0.2) is 18.2 Å². The standard InChI is InChI=1S/C12H16Cl2N2O/c1-8(3-2-4-15)12(17)16-11-6-9(13)5-10(14)7-11/h5-8H,2-4,15H2,1H3,(H,16,17). The quantitative estimate of drug-likeness (QED) is 0.866. The first-order valence-electron chi connectivity index (χ1n) is 5.50. The molecule has 0 radical (unpaired) electrons. The van der Waals surface area contributed by atoms with E-state index in [-0.39, 0.29) is 11.8 Å². The summed E-state index contributed by atoms with van der Waals surface area (Å²) < 4.78 is 0. The molecule has 0 heterocycles. The van der Waals surface area contributed by atoms with Crippen LogP contribution in [-0.4, -0.2) is 12.5 Å². The number of halogens is 2. The number of nitrogens with two attached hydrogens (primary N) is 1. The number of hydrogen-bond acceptors (Lipinski definition) is 2. The van der Waals surface area contributed by atoms with Crippen LogP contribution in [0.2, 0.25) is 10.0 Å². The highest BCUT2D eigenvalue weighted by Gasteiger charge is 2.12. The Morgan fingerprint density at radius 3 is 2.47 bits per heavy atom. The number of carbonyl (C=O) groups is 1. The minimum absolute atomic E-state index is 0.0446. The maximum absolute atomic E-state index is 11.8. The molecule has 94 valence electrons. The number of amides is 1. The molecule has 17 heavy (non-hydrogen) atoms. The first kappa shape index (κ1) is 14.3. The average molecular weight is 275 g/mol. The highest BCUT2D eigenvalue weighted by molar-refractivity contribution is 6.35. The molecule has 0 aliphatic carbocycles. The normalized spacial score (nSPS) is 12.2. The molecule has 0 aromatic heterocycles. The number of anilines is 1. The van der Waals surface area contributed by atoms with Crippen LogP contribution in [0.1, 0.15) is 19.8 Å². The van der Waals surface area contributed by atoms with Crippen molar-refractivity contribution in [2.24, 2.45) is 11.7 Å². The molecular formula is C12H16Cl2N2O. The van der Waals surface area contributed by atoms with E-state index in [1.807, 2.05) is 6.92 Å². The monoisotopic (exact) mass is 274 g/mol. The molecule has 1 aromatic carbocycles. The average Bonchev–Trinajstić information content (AvgIpc) is 2.24. The Labute approximate surface area is 111 Å². The van der Waals surface area contributed by atoms with Gasteiger partial charge in [0.15, 0.2) is 0 Å². The topological polar surface area (TPSA) is 55.1 Å². The summed E-state index contributed by atoms with van der Waals surface area (Å²) in [6.07, 6.45) is 1.61. The fourth-order valence-electron chi connectivity index (χ4n) is 1.45. The van der Waals surface area contributed by atoms with Gasteiger partial charge in [-0.2, -0.15) is 0 Å². The summed E-state index contributed by atoms with van der Waals surface area (Å²) in [5.74, 6) is -0.118. The maximum Gasteiger partial charge on any atom is 0.227 e. The number of carbonyl (C=O) groups excluding carboxylic acids is 1. The molecule has 0 spiro atoms. The highest BCUT2D eigenvalue weighted by atomic mass is 35.5. The third kappa shape index (κ3) is 4.94. The minimum Gasteiger partial charge on any atom is -0.330 e. The van der Waals surface area contributed by atoms with Gasteiger partial charge >= 0.3 is 0 Å². The Morgan fingerprint density at radius 1 is 1.35 bits per heavy atom. The van der Waals surface area contributed by atoms with Crippen LogP contribution in [0.4, 0.5) is 5.69 Å². The lowest BCUT2D eigenvalue weighted by molar-refractivity contribution is -0.119. The van der Waals surface area contributed by atoms with E-state index < -0.39 is 0 Å². The zero-order valence-corrected chi connectivity index (χ0v) is 11.2. The van der Waals surface area contributed by atoms with Gasteiger partial charge in [0.25, 0.3) is 0 Å². The van der Waals surface area contributed by atoms with Crippen LogP contribution in [0.25, 0.3) is 0 Å². The fourth-order valence-corrected chi connectivity index (χ4v) is 1.97. The van der Waals surface area contributed by atoms with Crippen molar-refractivity contribution in [3.63, 3.8) is 0 Å². The van der Waals surface area contributed by atoms with Crippen molar-refractivity contribution in [2.45, 2.75) is 19.8 Å². The Morgan fingerprint density at radius 2 is 1.94 bits per heavy atom. The predicted octanol–water partition coefficient (Wildman–Crippen LogP) is 3.31. The van der Waals surface area contributed by atoms with Gasteiger partial charge in [-0.05, 0) is 37.6 Å². The van der Waals surface area contributed by atoms with Crippen LogP contribution in [0, 0.1) is 5.92 Å². The second-order valence-electron chi connectivity index (χ2n) is 3.98. The van der Waals surface area contributed by atoms with Crippen LogP contribution in [0.5, 0.6) is 0 Å². The predicted molar refractivity (Wildman–Crippen MR) is 72.5 cm³/mol. The summed E-state index contributed by atoms with van der Waals surface area (Å²) in [6, 6.07) is 4.96. The summed E-state index contributed by atoms with van der Waals surface area (Å²) in [5.41, 5.74) is 6.02. The summed E-state index contributed by atoms with van der Waals surface area (Å²) in [5, 5.41) is 3.79. The molecular weight excluding hydrogens is 259 g/mol. The van der Waals surface area contributed by atoms with Crippen LogP contribution in [0.3, 0.4) is 0 Å². The van der Waals surface area contributed by atoms with Gasteiger partial charge in [0.1, 0.15) is 0 Å². The first-order chi connectivity index (χ1) is 8.02. The third-order valence-electron chi connectivity index (χ3n) is 2.42. The molecule has 0 aliphatic rings. The lowest BCUT2D eigenvalue weighted by Crippen LogP contribution is -2.21. The van der Waals surface area contributed by atoms with E-state index in [1.165, 1.54) is 0 Å². The van der Waals surface area contributed by atoms with Gasteiger partial charge in [0.05, 0.1) is 0 Å². The van der Waals surface area contributed by atoms with Gasteiger partial charge in [-0.1, -0.05) is 30.1 Å². The SMILES string of the molecule is CC(CCCN)C(=O)Nc1cc(Cl)cc(Cl)c1. The molecule has 1 unspecified atom stereocenters. The van der Waals surface area contributed by atoms with E-state index in [2.05, 4.69) is 5.32 Å². The summed E-state index contributed by atoms with van der Waals surface area (Å²) in [4.78, 5) is 11.8. The molecule has 3 N–H and O–H groups in total. The van der Waals surface area contributed by atoms with E-state index in [9.17, 15) is 4.79 Å². The largest absolute Gasteiger partial charge is 0.330 e. The lowest BCUT2D eigenvalue weighted by Gasteiger charge is -2.12. The Bertz CT molecular complexity index is 376. The van der Waals surface area contributed by atoms with E-state index in [0.29, 0.717) is 22.3 Å². The zero-order valence-electron chi connectivity index (χ0n) is 9.67. The molecule has 1 atom stereocenters. The van der Waals surface area contributed by atoms with Crippen molar-refractivity contribution in [3.05, 3.63) is 28.2 Å². The molecule has 3 nitrogen and oxygen atoms in total. The van der Waals surface area contributed by atoms with Crippen LogP contribution in [-0.2, 0) is 4.79 Å². The Kier molecular flexibility index (Phi) is 5.75. The van der Waals surface area contributed by atoms with Gasteiger partial charge in [-0.25, -0.2) is 0 Å². The van der Waals surface area contributed by atoms with Crippen LogP contribution < -0.4 is 11.1 Å². The molecule has 0 fully saturated rings. The molecule has 1 amide bonds. The fraction of sp³-hybridized carbons (Fsp3) is 0.417. The van der Waals surface area contributed by atoms with Crippen molar-refractivity contribution in [3.8, 4) is 0 Å². The van der Waals surface area contributed by atoms with E-state index in [0.717, 1.165) is 12.8 Å². The van der Waals surface area contributed by atoms with Crippen molar-refractivity contribution in [1.82, 2.24) is 0 Å². The van der Waals surface area contributed by atoms with Gasteiger partial charge in [-0.15, -0.1) is 0 Å². The number of benzene rings is 1. The minimum atomic E-state index is -0.0729. The highest BCUT2D eigenvalue weighted by Crippen LogP contribution is 2.23. The molecule has 5 heteroatoms. The molecule has 0 aliphatic heterocycles. The Balaban J connectivity index is 2.61. The van der Waals surface area contributed by atoms with Crippen molar-refractivity contribution < 1.29 is 4.79 Å². The zero-order chi connectivity index (χ0) is 12.8.